The van der Waals surface area contributed by atoms with Gasteiger partial charge in [-0.2, -0.15) is 0 Å². The van der Waals surface area contributed by atoms with E-state index in [1.807, 2.05) is 0 Å². The first-order valence-electron chi connectivity index (χ1n) is 9.44. The summed E-state index contributed by atoms with van der Waals surface area (Å²) in [6, 6.07) is 12.4. The molecular formula is C24H9BrO8. The first kappa shape index (κ1) is 20.7. The molecule has 0 aliphatic carbocycles. The summed E-state index contributed by atoms with van der Waals surface area (Å²) < 4.78 is 9.53. The molecular weight excluding hydrogens is 496 g/mol. The maximum absolute atomic E-state index is 13.1. The molecule has 2 heterocycles. The van der Waals surface area contributed by atoms with Gasteiger partial charge in [0.05, 0.1) is 22.3 Å². The number of hydrogen-bond donors (Lipinski definition) is 0. The van der Waals surface area contributed by atoms with E-state index in [0.29, 0.717) is 4.47 Å². The summed E-state index contributed by atoms with van der Waals surface area (Å²) in [5.74, 6) is -4.17. The average molecular weight is 505 g/mol. The molecule has 33 heavy (non-hydrogen) atoms. The van der Waals surface area contributed by atoms with Crippen LogP contribution in [-0.4, -0.2) is 35.4 Å². The van der Waals surface area contributed by atoms with Crippen molar-refractivity contribution in [2.45, 2.75) is 0 Å². The van der Waals surface area contributed by atoms with E-state index in [4.69, 9.17) is 0 Å². The zero-order valence-corrected chi connectivity index (χ0v) is 17.9. The third kappa shape index (κ3) is 3.39. The summed E-state index contributed by atoms with van der Waals surface area (Å²) >= 11 is 3.29. The van der Waals surface area contributed by atoms with Gasteiger partial charge in [0.25, 0.3) is 0 Å². The van der Waals surface area contributed by atoms with Crippen LogP contribution in [0, 0.1) is 0 Å². The van der Waals surface area contributed by atoms with Crippen LogP contribution in [0.3, 0.4) is 0 Å². The third-order valence-corrected chi connectivity index (χ3v) is 5.69. The molecule has 3 aromatic rings. The number of carbonyl (C=O) groups is 6. The second-order valence-corrected chi connectivity index (χ2v) is 8.18. The van der Waals surface area contributed by atoms with Crippen LogP contribution in [0.4, 0.5) is 0 Å². The van der Waals surface area contributed by atoms with E-state index >= 15 is 0 Å². The van der Waals surface area contributed by atoms with Crippen molar-refractivity contribution < 1.29 is 38.2 Å². The van der Waals surface area contributed by atoms with Gasteiger partial charge in [-0.15, -0.1) is 0 Å². The largest absolute Gasteiger partial charge is 0.386 e. The van der Waals surface area contributed by atoms with Gasteiger partial charge in [-0.25, -0.2) is 19.2 Å². The van der Waals surface area contributed by atoms with E-state index in [-0.39, 0.29) is 44.5 Å². The lowest BCUT2D eigenvalue weighted by Crippen LogP contribution is -2.08. The lowest BCUT2D eigenvalue weighted by molar-refractivity contribution is 0.0425. The number of rotatable bonds is 4. The average Bonchev–Trinajstić information content (AvgIpc) is 3.25. The predicted molar refractivity (Wildman–Crippen MR) is 113 cm³/mol. The molecule has 0 N–H and O–H groups in total. The van der Waals surface area contributed by atoms with Crippen LogP contribution in [0.25, 0.3) is 0 Å². The van der Waals surface area contributed by atoms with Gasteiger partial charge in [0.1, 0.15) is 0 Å². The predicted octanol–water partition coefficient (Wildman–Crippen LogP) is 3.53. The van der Waals surface area contributed by atoms with Gasteiger partial charge in [-0.3, -0.25) is 9.59 Å². The molecule has 0 unspecified atom stereocenters. The van der Waals surface area contributed by atoms with E-state index in [0.717, 1.165) is 0 Å². The molecule has 9 heteroatoms. The Kier molecular flexibility index (Phi) is 4.64. The summed E-state index contributed by atoms with van der Waals surface area (Å²) in [5, 5.41) is 0. The molecule has 160 valence electrons. The monoisotopic (exact) mass is 504 g/mol. The molecule has 8 nitrogen and oxygen atoms in total. The van der Waals surface area contributed by atoms with Crippen LogP contribution >= 0.6 is 15.9 Å². The van der Waals surface area contributed by atoms with Crippen LogP contribution in [0.5, 0.6) is 0 Å². The Labute approximate surface area is 193 Å². The van der Waals surface area contributed by atoms with E-state index in [2.05, 4.69) is 25.4 Å². The van der Waals surface area contributed by atoms with E-state index in [1.54, 1.807) is 0 Å². The van der Waals surface area contributed by atoms with Crippen LogP contribution in [0.1, 0.15) is 73.3 Å². The molecule has 3 aromatic carbocycles. The van der Waals surface area contributed by atoms with Crippen molar-refractivity contribution in [3.8, 4) is 0 Å². The Morgan fingerprint density at radius 1 is 0.515 bits per heavy atom. The highest BCUT2D eigenvalue weighted by molar-refractivity contribution is 9.10. The molecule has 0 spiro atoms. The summed E-state index contributed by atoms with van der Waals surface area (Å²) in [6.07, 6.45) is 0. The van der Waals surface area contributed by atoms with Gasteiger partial charge >= 0.3 is 23.9 Å². The zero-order valence-electron chi connectivity index (χ0n) is 16.3. The summed E-state index contributed by atoms with van der Waals surface area (Å²) in [4.78, 5) is 73.0. The molecule has 2 aliphatic heterocycles. The minimum absolute atomic E-state index is 0.00304. The SMILES string of the molecule is O=C(c1cc(Br)cc(C(=O)c2ccc3c(c2)C(=O)OC3=O)c1)c1ccc2c(c1)C(=O)OC2=O. The highest BCUT2D eigenvalue weighted by Gasteiger charge is 2.32. The fourth-order valence-electron chi connectivity index (χ4n) is 3.64. The van der Waals surface area contributed by atoms with E-state index in [1.165, 1.54) is 54.6 Å². The van der Waals surface area contributed by atoms with Crippen LogP contribution in [0.2, 0.25) is 0 Å². The quantitative estimate of drug-likeness (QED) is 0.300. The van der Waals surface area contributed by atoms with Crippen molar-refractivity contribution in [2.75, 3.05) is 0 Å². The highest BCUT2D eigenvalue weighted by atomic mass is 79.9. The van der Waals surface area contributed by atoms with E-state index < -0.39 is 35.4 Å². The van der Waals surface area contributed by atoms with Crippen LogP contribution in [-0.2, 0) is 9.47 Å². The van der Waals surface area contributed by atoms with Crippen molar-refractivity contribution >= 4 is 51.4 Å². The Balaban J connectivity index is 1.50. The molecule has 0 amide bonds. The molecule has 0 fully saturated rings. The number of benzene rings is 3. The Bertz CT molecular complexity index is 1380. The standard InChI is InChI=1S/C24H9BrO8/c25-14-6-12(19(26)10-1-3-15-17(8-10)23(30)32-21(15)28)5-13(7-14)20(27)11-2-4-16-18(9-11)24(31)33-22(16)29/h1-9H. The Morgan fingerprint density at radius 3 is 1.33 bits per heavy atom. The Morgan fingerprint density at radius 2 is 0.909 bits per heavy atom. The second-order valence-electron chi connectivity index (χ2n) is 7.26. The number of hydrogen-bond acceptors (Lipinski definition) is 8. The van der Waals surface area contributed by atoms with Crippen molar-refractivity contribution in [1.29, 1.82) is 0 Å². The minimum atomic E-state index is -0.830. The fraction of sp³-hybridized carbons (Fsp3) is 0. The van der Waals surface area contributed by atoms with Gasteiger partial charge in [-0.05, 0) is 42.5 Å². The first-order valence-corrected chi connectivity index (χ1v) is 10.2. The van der Waals surface area contributed by atoms with Gasteiger partial charge in [-0.1, -0.05) is 28.1 Å². The maximum atomic E-state index is 13.1. The number of ketones is 2. The number of esters is 4. The lowest BCUT2D eigenvalue weighted by Gasteiger charge is -2.08. The van der Waals surface area contributed by atoms with Gasteiger partial charge < -0.3 is 9.47 Å². The summed E-state index contributed by atoms with van der Waals surface area (Å²) in [5.41, 5.74) is 0.729. The lowest BCUT2D eigenvalue weighted by atomic mass is 9.95. The van der Waals surface area contributed by atoms with Crippen LogP contribution in [0.15, 0.2) is 59.1 Å². The number of carbonyl (C=O) groups excluding carboxylic acids is 6. The number of cyclic esters (lactones) is 4. The smallest absolute Gasteiger partial charge is 0.346 e. The van der Waals surface area contributed by atoms with Crippen molar-refractivity contribution in [2.24, 2.45) is 0 Å². The van der Waals surface area contributed by atoms with Crippen LogP contribution < -0.4 is 0 Å². The highest BCUT2D eigenvalue weighted by Crippen LogP contribution is 2.26. The summed E-state index contributed by atoms with van der Waals surface area (Å²) in [6.45, 7) is 0. The third-order valence-electron chi connectivity index (χ3n) is 5.24. The first-order chi connectivity index (χ1) is 15.7. The molecule has 0 aromatic heterocycles. The molecule has 0 saturated heterocycles. The number of ether oxygens (including phenoxy) is 2. The molecule has 2 aliphatic rings. The van der Waals surface area contributed by atoms with Gasteiger partial charge in [0.2, 0.25) is 0 Å². The zero-order chi connectivity index (χ0) is 23.4. The maximum Gasteiger partial charge on any atom is 0.346 e. The normalized spacial score (nSPS) is 14.0. The fourth-order valence-corrected chi connectivity index (χ4v) is 4.13. The van der Waals surface area contributed by atoms with E-state index in [9.17, 15) is 28.8 Å². The number of fused-ring (bicyclic) bond motifs is 2. The molecule has 0 atom stereocenters. The van der Waals surface area contributed by atoms with Gasteiger partial charge in [0.15, 0.2) is 11.6 Å². The molecule has 0 radical (unpaired) electrons. The topological polar surface area (TPSA) is 121 Å². The molecule has 0 saturated carbocycles. The Hall–Kier alpha value is -4.24. The molecule has 5 rings (SSSR count). The second kappa shape index (κ2) is 7.42. The van der Waals surface area contributed by atoms with Crippen molar-refractivity contribution in [1.82, 2.24) is 0 Å². The van der Waals surface area contributed by atoms with Crippen molar-refractivity contribution in [3.63, 3.8) is 0 Å². The molecule has 0 bridgehead atoms. The summed E-state index contributed by atoms with van der Waals surface area (Å²) in [7, 11) is 0. The number of halogens is 1. The minimum Gasteiger partial charge on any atom is -0.386 e. The van der Waals surface area contributed by atoms with Gasteiger partial charge in [0, 0.05) is 26.7 Å². The van der Waals surface area contributed by atoms with Crippen molar-refractivity contribution in [3.05, 3.63) is 104 Å².